The van der Waals surface area contributed by atoms with Gasteiger partial charge < -0.3 is 0 Å². The zero-order valence-electron chi connectivity index (χ0n) is 11.4. The third-order valence-corrected chi connectivity index (χ3v) is 4.37. The molecular formula is C11H22N4O2S. The first-order valence-corrected chi connectivity index (χ1v) is 7.61. The highest BCUT2D eigenvalue weighted by atomic mass is 32.2. The maximum atomic E-state index is 12.0. The lowest BCUT2D eigenvalue weighted by molar-refractivity contribution is 0.232. The van der Waals surface area contributed by atoms with Crippen LogP contribution in [0.2, 0.25) is 0 Å². The summed E-state index contributed by atoms with van der Waals surface area (Å²) < 4.78 is 28.0. The summed E-state index contributed by atoms with van der Waals surface area (Å²) in [4.78, 5) is 2.41. The van der Waals surface area contributed by atoms with Gasteiger partial charge in [-0.15, -0.1) is 0 Å². The van der Waals surface area contributed by atoms with Gasteiger partial charge in [0.2, 0.25) is 10.0 Å². The van der Waals surface area contributed by atoms with E-state index in [1.807, 2.05) is 6.92 Å². The van der Waals surface area contributed by atoms with Crippen LogP contribution in [-0.4, -0.2) is 48.8 Å². The predicted molar refractivity (Wildman–Crippen MR) is 70.8 cm³/mol. The maximum Gasteiger partial charge on any atom is 0.243 e. The average molecular weight is 274 g/mol. The molecular weight excluding hydrogens is 252 g/mol. The third kappa shape index (κ3) is 3.79. The lowest BCUT2D eigenvalue weighted by Crippen LogP contribution is -2.41. The Morgan fingerprint density at radius 2 is 2.06 bits per heavy atom. The average Bonchev–Trinajstić information content (AvgIpc) is 2.76. The van der Waals surface area contributed by atoms with Crippen molar-refractivity contribution in [1.82, 2.24) is 19.4 Å². The number of aryl methyl sites for hydroxylation is 1. The van der Waals surface area contributed by atoms with Crippen LogP contribution >= 0.6 is 0 Å². The SMILES string of the molecule is CCN(CC)[C@@H](C)CNS(=O)(=O)c1cnn(C)c1. The Kier molecular flexibility index (Phi) is 5.30. The fourth-order valence-electron chi connectivity index (χ4n) is 1.83. The first-order chi connectivity index (χ1) is 8.40. The zero-order valence-corrected chi connectivity index (χ0v) is 12.2. The third-order valence-electron chi connectivity index (χ3n) is 3.00. The lowest BCUT2D eigenvalue weighted by atomic mass is 10.3. The van der Waals surface area contributed by atoms with Gasteiger partial charge in [0.05, 0.1) is 6.20 Å². The molecule has 1 aromatic heterocycles. The maximum absolute atomic E-state index is 12.0. The van der Waals surface area contributed by atoms with Gasteiger partial charge >= 0.3 is 0 Å². The molecule has 0 fully saturated rings. The van der Waals surface area contributed by atoms with Crippen molar-refractivity contribution >= 4 is 10.0 Å². The van der Waals surface area contributed by atoms with Gasteiger partial charge in [0.15, 0.2) is 0 Å². The van der Waals surface area contributed by atoms with E-state index < -0.39 is 10.0 Å². The van der Waals surface area contributed by atoms with Crippen LogP contribution in [0.4, 0.5) is 0 Å². The van der Waals surface area contributed by atoms with Crippen molar-refractivity contribution in [2.75, 3.05) is 19.6 Å². The number of nitrogens with one attached hydrogen (secondary N) is 1. The Morgan fingerprint density at radius 3 is 2.50 bits per heavy atom. The minimum atomic E-state index is -3.44. The van der Waals surface area contributed by atoms with E-state index in [1.165, 1.54) is 17.1 Å². The molecule has 0 aliphatic heterocycles. The summed E-state index contributed by atoms with van der Waals surface area (Å²) in [7, 11) is -1.75. The summed E-state index contributed by atoms with van der Waals surface area (Å²) in [5.74, 6) is 0. The van der Waals surface area contributed by atoms with Crippen LogP contribution in [0, 0.1) is 0 Å². The molecule has 0 aliphatic rings. The molecule has 1 atom stereocenters. The number of likely N-dealkylation sites (N-methyl/N-ethyl adjacent to an activating group) is 1. The van der Waals surface area contributed by atoms with Crippen LogP contribution in [0.5, 0.6) is 0 Å². The smallest absolute Gasteiger partial charge is 0.243 e. The van der Waals surface area contributed by atoms with E-state index in [-0.39, 0.29) is 10.9 Å². The van der Waals surface area contributed by atoms with E-state index in [0.717, 1.165) is 13.1 Å². The Hall–Kier alpha value is -0.920. The molecule has 1 N–H and O–H groups in total. The van der Waals surface area contributed by atoms with Gasteiger partial charge in [-0.25, -0.2) is 13.1 Å². The molecule has 104 valence electrons. The van der Waals surface area contributed by atoms with Gasteiger partial charge in [0.1, 0.15) is 4.90 Å². The molecule has 6 nitrogen and oxygen atoms in total. The van der Waals surface area contributed by atoms with Crippen LogP contribution < -0.4 is 4.72 Å². The normalized spacial score (nSPS) is 14.1. The van der Waals surface area contributed by atoms with E-state index in [9.17, 15) is 8.42 Å². The number of rotatable bonds is 7. The number of sulfonamides is 1. The van der Waals surface area contributed by atoms with E-state index in [4.69, 9.17) is 0 Å². The highest BCUT2D eigenvalue weighted by Crippen LogP contribution is 2.06. The summed E-state index contributed by atoms with van der Waals surface area (Å²) in [6.07, 6.45) is 2.84. The molecule has 0 unspecified atom stereocenters. The van der Waals surface area contributed by atoms with Gasteiger partial charge in [-0.1, -0.05) is 13.8 Å². The van der Waals surface area contributed by atoms with Crippen molar-refractivity contribution < 1.29 is 8.42 Å². The van der Waals surface area contributed by atoms with Crippen molar-refractivity contribution in [3.05, 3.63) is 12.4 Å². The number of aromatic nitrogens is 2. The molecule has 0 saturated heterocycles. The highest BCUT2D eigenvalue weighted by molar-refractivity contribution is 7.89. The molecule has 0 aromatic carbocycles. The van der Waals surface area contributed by atoms with E-state index >= 15 is 0 Å². The van der Waals surface area contributed by atoms with Gasteiger partial charge in [-0.05, 0) is 20.0 Å². The molecule has 0 saturated carbocycles. The molecule has 1 heterocycles. The predicted octanol–water partition coefficient (Wildman–Crippen LogP) is 0.429. The highest BCUT2D eigenvalue weighted by Gasteiger charge is 2.18. The van der Waals surface area contributed by atoms with Gasteiger partial charge in [-0.3, -0.25) is 9.58 Å². The van der Waals surface area contributed by atoms with Crippen molar-refractivity contribution in [1.29, 1.82) is 0 Å². The zero-order chi connectivity index (χ0) is 13.8. The van der Waals surface area contributed by atoms with Crippen molar-refractivity contribution in [2.24, 2.45) is 7.05 Å². The molecule has 1 rings (SSSR count). The first-order valence-electron chi connectivity index (χ1n) is 6.13. The summed E-state index contributed by atoms with van der Waals surface area (Å²) in [5, 5.41) is 3.86. The standard InChI is InChI=1S/C11H22N4O2S/c1-5-15(6-2)10(3)7-13-18(16,17)11-8-12-14(4)9-11/h8-10,13H,5-7H2,1-4H3/t10-/m0/s1. The Labute approximate surface area is 109 Å². The minimum absolute atomic E-state index is 0.173. The van der Waals surface area contributed by atoms with E-state index in [1.54, 1.807) is 7.05 Å². The van der Waals surface area contributed by atoms with Crippen LogP contribution in [-0.2, 0) is 17.1 Å². The molecule has 1 aromatic rings. The second-order valence-electron chi connectivity index (χ2n) is 4.27. The molecule has 0 aliphatic carbocycles. The second-order valence-corrected chi connectivity index (χ2v) is 6.04. The van der Waals surface area contributed by atoms with Crippen LogP contribution in [0.25, 0.3) is 0 Å². The summed E-state index contributed by atoms with van der Waals surface area (Å²) in [6.45, 7) is 8.36. The van der Waals surface area contributed by atoms with E-state index in [0.29, 0.717) is 6.54 Å². The topological polar surface area (TPSA) is 67.2 Å². The fraction of sp³-hybridized carbons (Fsp3) is 0.727. The van der Waals surface area contributed by atoms with Crippen LogP contribution in [0.15, 0.2) is 17.3 Å². The lowest BCUT2D eigenvalue weighted by Gasteiger charge is -2.26. The Balaban J connectivity index is 2.62. The first kappa shape index (κ1) is 15.1. The van der Waals surface area contributed by atoms with E-state index in [2.05, 4.69) is 28.6 Å². The van der Waals surface area contributed by atoms with Crippen molar-refractivity contribution in [3.8, 4) is 0 Å². The molecule has 0 bridgehead atoms. The fourth-order valence-corrected chi connectivity index (χ4v) is 2.93. The quantitative estimate of drug-likeness (QED) is 0.783. The molecule has 0 radical (unpaired) electrons. The molecule has 0 amide bonds. The minimum Gasteiger partial charge on any atom is -0.300 e. The van der Waals surface area contributed by atoms with Gasteiger partial charge in [-0.2, -0.15) is 5.10 Å². The Morgan fingerprint density at radius 1 is 1.44 bits per heavy atom. The molecule has 7 heteroatoms. The number of hydrogen-bond donors (Lipinski definition) is 1. The van der Waals surface area contributed by atoms with Gasteiger partial charge in [0.25, 0.3) is 0 Å². The second kappa shape index (κ2) is 6.31. The summed E-state index contributed by atoms with van der Waals surface area (Å²) in [5.41, 5.74) is 0. The largest absolute Gasteiger partial charge is 0.300 e. The number of nitrogens with zero attached hydrogens (tertiary/aromatic N) is 3. The monoisotopic (exact) mass is 274 g/mol. The summed E-state index contributed by atoms with van der Waals surface area (Å²) >= 11 is 0. The van der Waals surface area contributed by atoms with Crippen molar-refractivity contribution in [3.63, 3.8) is 0 Å². The molecule has 18 heavy (non-hydrogen) atoms. The van der Waals surface area contributed by atoms with Crippen molar-refractivity contribution in [2.45, 2.75) is 31.7 Å². The number of hydrogen-bond acceptors (Lipinski definition) is 4. The summed E-state index contributed by atoms with van der Waals surface area (Å²) in [6, 6.07) is 0.173. The molecule has 0 spiro atoms. The van der Waals surface area contributed by atoms with Gasteiger partial charge in [0, 0.05) is 25.8 Å². The van der Waals surface area contributed by atoms with Crippen LogP contribution in [0.1, 0.15) is 20.8 Å². The Bertz CT molecular complexity index is 465. The van der Waals surface area contributed by atoms with Crippen LogP contribution in [0.3, 0.4) is 0 Å².